The molecule has 1 aliphatic heterocycles. The summed E-state index contributed by atoms with van der Waals surface area (Å²) in [4.78, 5) is 2.41. The molecule has 5 nitrogen and oxygen atoms in total. The summed E-state index contributed by atoms with van der Waals surface area (Å²) < 4.78 is 27.0. The second kappa shape index (κ2) is 6.44. The largest absolute Gasteiger partial charge is 0.389 e. The first-order valence-electron chi connectivity index (χ1n) is 7.27. The highest BCUT2D eigenvalue weighted by Gasteiger charge is 2.30. The SMILES string of the molecule is CC(O)c1cccc(S(=O)(=O)N(C)C2CCCN(C)C2)c1. The van der Waals surface area contributed by atoms with Crippen LogP contribution in [0.15, 0.2) is 29.2 Å². The van der Waals surface area contributed by atoms with E-state index in [1.165, 1.54) is 4.31 Å². The summed E-state index contributed by atoms with van der Waals surface area (Å²) in [5.41, 5.74) is 0.616. The second-order valence-electron chi connectivity index (χ2n) is 5.83. The summed E-state index contributed by atoms with van der Waals surface area (Å²) in [5, 5.41) is 9.62. The number of nitrogens with zero attached hydrogens (tertiary/aromatic N) is 2. The number of piperidine rings is 1. The van der Waals surface area contributed by atoms with Gasteiger partial charge in [-0.2, -0.15) is 4.31 Å². The van der Waals surface area contributed by atoms with E-state index in [4.69, 9.17) is 0 Å². The highest BCUT2D eigenvalue weighted by Crippen LogP contribution is 2.23. The molecule has 1 N–H and O–H groups in total. The lowest BCUT2D eigenvalue weighted by atomic mass is 10.1. The smallest absolute Gasteiger partial charge is 0.243 e. The first-order chi connectivity index (χ1) is 9.82. The summed E-state index contributed by atoms with van der Waals surface area (Å²) in [5.74, 6) is 0. The Kier molecular flexibility index (Phi) is 5.03. The van der Waals surface area contributed by atoms with Crippen LogP contribution in [0.2, 0.25) is 0 Å². The molecule has 0 saturated carbocycles. The molecule has 0 radical (unpaired) electrons. The van der Waals surface area contributed by atoms with E-state index in [0.29, 0.717) is 5.56 Å². The Morgan fingerprint density at radius 2 is 2.14 bits per heavy atom. The number of likely N-dealkylation sites (tertiary alicyclic amines) is 1. The Hall–Kier alpha value is -0.950. The average molecular weight is 312 g/mol. The molecule has 2 atom stereocenters. The Labute approximate surface area is 127 Å². The van der Waals surface area contributed by atoms with Crippen LogP contribution in [0.4, 0.5) is 0 Å². The molecule has 21 heavy (non-hydrogen) atoms. The highest BCUT2D eigenvalue weighted by molar-refractivity contribution is 7.89. The standard InChI is InChI=1S/C15H24N2O3S/c1-12(18)13-6-4-8-15(10-13)21(19,20)17(3)14-7-5-9-16(2)11-14/h4,6,8,10,12,14,18H,5,7,9,11H2,1-3H3. The van der Waals surface area contributed by atoms with Crippen LogP contribution < -0.4 is 0 Å². The van der Waals surface area contributed by atoms with Crippen molar-refractivity contribution in [3.63, 3.8) is 0 Å². The molecule has 1 fully saturated rings. The van der Waals surface area contributed by atoms with Gasteiger partial charge in [0.1, 0.15) is 0 Å². The molecule has 1 heterocycles. The van der Waals surface area contributed by atoms with Crippen molar-refractivity contribution < 1.29 is 13.5 Å². The van der Waals surface area contributed by atoms with Gasteiger partial charge in [0, 0.05) is 19.6 Å². The maximum absolute atomic E-state index is 12.7. The minimum atomic E-state index is -3.52. The molecule has 2 rings (SSSR count). The Balaban J connectivity index is 2.26. The van der Waals surface area contributed by atoms with Gasteiger partial charge in [0.2, 0.25) is 10.0 Å². The van der Waals surface area contributed by atoms with Gasteiger partial charge in [-0.3, -0.25) is 0 Å². The highest BCUT2D eigenvalue weighted by atomic mass is 32.2. The molecule has 2 unspecified atom stereocenters. The van der Waals surface area contributed by atoms with Crippen molar-refractivity contribution in [1.29, 1.82) is 0 Å². The van der Waals surface area contributed by atoms with Gasteiger partial charge in [-0.15, -0.1) is 0 Å². The van der Waals surface area contributed by atoms with Crippen LogP contribution in [-0.2, 0) is 10.0 Å². The first-order valence-corrected chi connectivity index (χ1v) is 8.71. The van der Waals surface area contributed by atoms with E-state index in [1.807, 2.05) is 7.05 Å². The van der Waals surface area contributed by atoms with Crippen LogP contribution in [0.3, 0.4) is 0 Å². The number of sulfonamides is 1. The van der Waals surface area contributed by atoms with Gasteiger partial charge in [-0.25, -0.2) is 8.42 Å². The maximum atomic E-state index is 12.7. The quantitative estimate of drug-likeness (QED) is 0.914. The van der Waals surface area contributed by atoms with Crippen LogP contribution in [0.1, 0.15) is 31.4 Å². The van der Waals surface area contributed by atoms with Gasteiger partial charge in [-0.05, 0) is 51.1 Å². The molecule has 6 heteroatoms. The average Bonchev–Trinajstić information content (AvgIpc) is 2.46. The number of aliphatic hydroxyl groups excluding tert-OH is 1. The number of benzene rings is 1. The predicted molar refractivity (Wildman–Crippen MR) is 82.5 cm³/mol. The van der Waals surface area contributed by atoms with E-state index >= 15 is 0 Å². The van der Waals surface area contributed by atoms with Crippen molar-refractivity contribution in [2.24, 2.45) is 0 Å². The Morgan fingerprint density at radius 1 is 1.43 bits per heavy atom. The van der Waals surface area contributed by atoms with Crippen LogP contribution in [0.5, 0.6) is 0 Å². The fraction of sp³-hybridized carbons (Fsp3) is 0.600. The lowest BCUT2D eigenvalue weighted by Gasteiger charge is -2.35. The van der Waals surface area contributed by atoms with Gasteiger partial charge < -0.3 is 10.0 Å². The van der Waals surface area contributed by atoms with Gasteiger partial charge in [0.15, 0.2) is 0 Å². The van der Waals surface area contributed by atoms with Gasteiger partial charge in [-0.1, -0.05) is 12.1 Å². The van der Waals surface area contributed by atoms with Crippen LogP contribution in [0.25, 0.3) is 0 Å². The summed E-state index contributed by atoms with van der Waals surface area (Å²) >= 11 is 0. The van der Waals surface area contributed by atoms with Crippen LogP contribution in [0, 0.1) is 0 Å². The fourth-order valence-electron chi connectivity index (χ4n) is 2.73. The maximum Gasteiger partial charge on any atom is 0.243 e. The molecule has 0 aliphatic carbocycles. The monoisotopic (exact) mass is 312 g/mol. The molecule has 1 saturated heterocycles. The summed E-state index contributed by atoms with van der Waals surface area (Å²) in [6.45, 7) is 3.40. The number of hydrogen-bond acceptors (Lipinski definition) is 4. The third-order valence-electron chi connectivity index (χ3n) is 4.13. The first kappa shape index (κ1) is 16.4. The van der Waals surface area contributed by atoms with E-state index in [1.54, 1.807) is 38.2 Å². The molecule has 0 aromatic heterocycles. The molecule has 1 aromatic carbocycles. The summed E-state index contributed by atoms with van der Waals surface area (Å²) in [7, 11) is 0.139. The van der Waals surface area contributed by atoms with E-state index < -0.39 is 16.1 Å². The van der Waals surface area contributed by atoms with Crippen molar-refractivity contribution in [2.45, 2.75) is 36.8 Å². The third kappa shape index (κ3) is 3.63. The van der Waals surface area contributed by atoms with E-state index in [2.05, 4.69) is 4.90 Å². The van der Waals surface area contributed by atoms with Crippen molar-refractivity contribution >= 4 is 10.0 Å². The zero-order valence-corrected chi connectivity index (χ0v) is 13.7. The van der Waals surface area contributed by atoms with Crippen molar-refractivity contribution in [2.75, 3.05) is 27.2 Å². The Morgan fingerprint density at radius 3 is 2.76 bits per heavy atom. The van der Waals surface area contributed by atoms with E-state index in [9.17, 15) is 13.5 Å². The number of hydrogen-bond donors (Lipinski definition) is 1. The summed E-state index contributed by atoms with van der Waals surface area (Å²) in [6.07, 6.45) is 1.22. The van der Waals surface area contributed by atoms with Crippen molar-refractivity contribution in [3.8, 4) is 0 Å². The molecule has 0 spiro atoms. The van der Waals surface area contributed by atoms with E-state index in [-0.39, 0.29) is 10.9 Å². The fourth-order valence-corrected chi connectivity index (χ4v) is 4.17. The van der Waals surface area contributed by atoms with E-state index in [0.717, 1.165) is 25.9 Å². The lowest BCUT2D eigenvalue weighted by Crippen LogP contribution is -2.47. The Bertz CT molecular complexity index is 586. The second-order valence-corrected chi connectivity index (χ2v) is 7.83. The molecule has 0 amide bonds. The molecule has 118 valence electrons. The summed E-state index contributed by atoms with van der Waals surface area (Å²) in [6, 6.07) is 6.56. The molecule has 1 aliphatic rings. The number of likely N-dealkylation sites (N-methyl/N-ethyl adjacent to an activating group) is 2. The zero-order chi connectivity index (χ0) is 15.6. The van der Waals surface area contributed by atoms with Crippen LogP contribution >= 0.6 is 0 Å². The normalized spacial score (nSPS) is 22.4. The van der Waals surface area contributed by atoms with Gasteiger partial charge in [0.05, 0.1) is 11.0 Å². The molecule has 1 aromatic rings. The third-order valence-corrected chi connectivity index (χ3v) is 6.04. The topological polar surface area (TPSA) is 60.9 Å². The molecular weight excluding hydrogens is 288 g/mol. The zero-order valence-electron chi connectivity index (χ0n) is 12.9. The van der Waals surface area contributed by atoms with Crippen molar-refractivity contribution in [1.82, 2.24) is 9.21 Å². The minimum absolute atomic E-state index is 0.00366. The van der Waals surface area contributed by atoms with Crippen molar-refractivity contribution in [3.05, 3.63) is 29.8 Å². The predicted octanol–water partition coefficient (Wildman–Crippen LogP) is 1.45. The molecule has 0 bridgehead atoms. The molecular formula is C15H24N2O3S. The number of rotatable bonds is 4. The van der Waals surface area contributed by atoms with Gasteiger partial charge >= 0.3 is 0 Å². The lowest BCUT2D eigenvalue weighted by molar-refractivity contribution is 0.187. The van der Waals surface area contributed by atoms with Gasteiger partial charge in [0.25, 0.3) is 0 Å². The number of aliphatic hydroxyl groups is 1. The minimum Gasteiger partial charge on any atom is -0.389 e. The van der Waals surface area contributed by atoms with Crippen LogP contribution in [-0.4, -0.2) is 56.0 Å².